The third-order valence-electron chi connectivity index (χ3n) is 5.81. The Balaban J connectivity index is 2.25. The number of methoxy groups -OCH3 is 1. The number of carbonyl (C=O) groups excluding carboxylic acids is 2. The van der Waals surface area contributed by atoms with Crippen LogP contribution in [0.5, 0.6) is 11.5 Å². The lowest BCUT2D eigenvalue weighted by Crippen LogP contribution is -2.49. The Hall–Kier alpha value is -3.27. The van der Waals surface area contributed by atoms with Gasteiger partial charge in [-0.3, -0.25) is 13.9 Å². The summed E-state index contributed by atoms with van der Waals surface area (Å²) in [7, 11) is -2.05. The zero-order valence-corrected chi connectivity index (χ0v) is 23.2. The Morgan fingerprint density at radius 3 is 2.41 bits per heavy atom. The molecule has 0 aliphatic rings. The van der Waals surface area contributed by atoms with Crippen molar-refractivity contribution < 1.29 is 27.5 Å². The second kappa shape index (κ2) is 14.5. The highest BCUT2D eigenvalue weighted by Gasteiger charge is 2.29. The molecule has 0 radical (unpaired) electrons. The molecule has 0 spiro atoms. The highest BCUT2D eigenvalue weighted by atomic mass is 32.2. The second-order valence-electron chi connectivity index (χ2n) is 8.53. The van der Waals surface area contributed by atoms with E-state index in [-0.39, 0.29) is 37.7 Å². The van der Waals surface area contributed by atoms with Gasteiger partial charge in [-0.15, -0.1) is 0 Å². The zero-order chi connectivity index (χ0) is 27.4. The molecule has 0 heterocycles. The quantitative estimate of drug-likeness (QED) is 0.375. The Morgan fingerprint density at radius 1 is 1.05 bits per heavy atom. The second-order valence-corrected chi connectivity index (χ2v) is 10.4. The lowest BCUT2D eigenvalue weighted by Gasteiger charge is -2.31. The molecule has 9 nitrogen and oxygen atoms in total. The van der Waals surface area contributed by atoms with Crippen molar-refractivity contribution in [2.24, 2.45) is 0 Å². The van der Waals surface area contributed by atoms with E-state index in [1.807, 2.05) is 45.0 Å². The van der Waals surface area contributed by atoms with Crippen molar-refractivity contribution in [1.29, 1.82) is 0 Å². The molecule has 1 N–H and O–H groups in total. The summed E-state index contributed by atoms with van der Waals surface area (Å²) < 4.78 is 37.4. The summed E-state index contributed by atoms with van der Waals surface area (Å²) in [6.07, 6.45) is 1.92. The van der Waals surface area contributed by atoms with Crippen molar-refractivity contribution in [3.8, 4) is 11.5 Å². The SMILES string of the molecule is CCNC(=O)C(CC)N(Cc1cccc(OC)c1)C(=O)CCCN(c1ccccc1OCC)S(C)(=O)=O. The summed E-state index contributed by atoms with van der Waals surface area (Å²) in [6.45, 7) is 6.70. The van der Waals surface area contributed by atoms with Gasteiger partial charge in [0.1, 0.15) is 17.5 Å². The van der Waals surface area contributed by atoms with E-state index in [0.29, 0.717) is 36.8 Å². The smallest absolute Gasteiger partial charge is 0.242 e. The lowest BCUT2D eigenvalue weighted by molar-refractivity contribution is -0.141. The van der Waals surface area contributed by atoms with Crippen LogP contribution in [-0.2, 0) is 26.2 Å². The van der Waals surface area contributed by atoms with Crippen LogP contribution < -0.4 is 19.1 Å². The molecule has 0 aliphatic heterocycles. The minimum atomic E-state index is -3.62. The van der Waals surface area contributed by atoms with Gasteiger partial charge >= 0.3 is 0 Å². The number of nitrogens with zero attached hydrogens (tertiary/aromatic N) is 2. The maximum atomic E-state index is 13.5. The number of anilines is 1. The van der Waals surface area contributed by atoms with Crippen LogP contribution in [0.2, 0.25) is 0 Å². The highest BCUT2D eigenvalue weighted by molar-refractivity contribution is 7.92. The molecule has 2 rings (SSSR count). The monoisotopic (exact) mass is 533 g/mol. The first kappa shape index (κ1) is 30.0. The van der Waals surface area contributed by atoms with E-state index in [2.05, 4.69) is 5.32 Å². The summed E-state index contributed by atoms with van der Waals surface area (Å²) in [5.41, 5.74) is 1.26. The number of amides is 2. The number of sulfonamides is 1. The van der Waals surface area contributed by atoms with Crippen LogP contribution in [0.4, 0.5) is 5.69 Å². The van der Waals surface area contributed by atoms with Crippen molar-refractivity contribution >= 4 is 27.5 Å². The lowest BCUT2D eigenvalue weighted by atomic mass is 10.1. The molecule has 2 aromatic carbocycles. The van der Waals surface area contributed by atoms with Gasteiger partial charge in [0, 0.05) is 26.1 Å². The van der Waals surface area contributed by atoms with Crippen molar-refractivity contribution in [2.45, 2.75) is 52.6 Å². The van der Waals surface area contributed by atoms with Crippen LogP contribution >= 0.6 is 0 Å². The van der Waals surface area contributed by atoms with Gasteiger partial charge in [0.2, 0.25) is 21.8 Å². The van der Waals surface area contributed by atoms with E-state index >= 15 is 0 Å². The minimum Gasteiger partial charge on any atom is -0.497 e. The number of carbonyl (C=O) groups is 2. The fourth-order valence-corrected chi connectivity index (χ4v) is 5.07. The summed E-state index contributed by atoms with van der Waals surface area (Å²) in [4.78, 5) is 27.8. The molecule has 204 valence electrons. The van der Waals surface area contributed by atoms with Crippen LogP contribution in [0.1, 0.15) is 45.6 Å². The Labute approximate surface area is 220 Å². The van der Waals surface area contributed by atoms with Crippen molar-refractivity contribution in [3.63, 3.8) is 0 Å². The largest absolute Gasteiger partial charge is 0.497 e. The molecule has 2 amide bonds. The molecule has 10 heteroatoms. The molecule has 37 heavy (non-hydrogen) atoms. The number of hydrogen-bond donors (Lipinski definition) is 1. The number of likely N-dealkylation sites (N-methyl/N-ethyl adjacent to an activating group) is 1. The van der Waals surface area contributed by atoms with Crippen molar-refractivity contribution in [2.75, 3.05) is 37.4 Å². The first-order chi connectivity index (χ1) is 17.7. The summed E-state index contributed by atoms with van der Waals surface area (Å²) in [6, 6.07) is 13.6. The van der Waals surface area contributed by atoms with Gasteiger partial charge in [0.05, 0.1) is 25.7 Å². The van der Waals surface area contributed by atoms with Crippen LogP contribution in [0.25, 0.3) is 0 Å². The molecule has 2 aromatic rings. The number of ether oxygens (including phenoxy) is 2. The average molecular weight is 534 g/mol. The molecular formula is C27H39N3O6S. The minimum absolute atomic E-state index is 0.0721. The molecule has 0 aliphatic carbocycles. The van der Waals surface area contributed by atoms with Gasteiger partial charge in [-0.1, -0.05) is 31.2 Å². The van der Waals surface area contributed by atoms with Crippen molar-refractivity contribution in [3.05, 3.63) is 54.1 Å². The normalized spacial score (nSPS) is 11.9. The fraction of sp³-hybridized carbons (Fsp3) is 0.481. The van der Waals surface area contributed by atoms with Crippen LogP contribution in [0.15, 0.2) is 48.5 Å². The Kier molecular flexibility index (Phi) is 11.7. The highest BCUT2D eigenvalue weighted by Crippen LogP contribution is 2.30. The van der Waals surface area contributed by atoms with Gasteiger partial charge in [0.25, 0.3) is 0 Å². The van der Waals surface area contributed by atoms with Gasteiger partial charge in [0.15, 0.2) is 0 Å². The number of rotatable bonds is 15. The predicted octanol–water partition coefficient (Wildman–Crippen LogP) is 3.58. The first-order valence-electron chi connectivity index (χ1n) is 12.6. The van der Waals surface area contributed by atoms with Crippen LogP contribution in [0.3, 0.4) is 0 Å². The van der Waals surface area contributed by atoms with Crippen LogP contribution in [-0.4, -0.2) is 64.2 Å². The van der Waals surface area contributed by atoms with E-state index in [9.17, 15) is 18.0 Å². The molecule has 1 unspecified atom stereocenters. The van der Waals surface area contributed by atoms with Gasteiger partial charge in [-0.05, 0) is 56.5 Å². The third-order valence-corrected chi connectivity index (χ3v) is 6.99. The number of benzene rings is 2. The molecule has 0 saturated heterocycles. The maximum Gasteiger partial charge on any atom is 0.242 e. The van der Waals surface area contributed by atoms with E-state index in [4.69, 9.17) is 9.47 Å². The molecular weight excluding hydrogens is 494 g/mol. The third kappa shape index (κ3) is 8.66. The van der Waals surface area contributed by atoms with Gasteiger partial charge < -0.3 is 19.7 Å². The maximum absolute atomic E-state index is 13.5. The summed E-state index contributed by atoms with van der Waals surface area (Å²) in [5.74, 6) is 0.675. The van der Waals surface area contributed by atoms with E-state index in [1.54, 1.807) is 36.3 Å². The molecule has 0 aromatic heterocycles. The standard InChI is InChI=1S/C27H39N3O6S/c1-6-23(27(32)28-7-2)29(20-21-13-11-14-22(19-21)35-4)26(31)17-12-18-30(37(5,33)34)24-15-9-10-16-25(24)36-8-3/h9-11,13-16,19,23H,6-8,12,17-18,20H2,1-5H3,(H,28,32). The van der Waals surface area contributed by atoms with Gasteiger partial charge in [-0.25, -0.2) is 8.42 Å². The Bertz CT molecular complexity index is 1140. The topological polar surface area (TPSA) is 105 Å². The van der Waals surface area contributed by atoms with Gasteiger partial charge in [-0.2, -0.15) is 0 Å². The summed E-state index contributed by atoms with van der Waals surface area (Å²) in [5, 5.41) is 2.82. The molecule has 0 saturated carbocycles. The number of nitrogens with one attached hydrogen (secondary N) is 1. The number of para-hydroxylation sites is 2. The zero-order valence-electron chi connectivity index (χ0n) is 22.4. The Morgan fingerprint density at radius 2 is 1.78 bits per heavy atom. The molecule has 0 fully saturated rings. The van der Waals surface area contributed by atoms with E-state index in [0.717, 1.165) is 11.8 Å². The molecule has 0 bridgehead atoms. The molecule has 1 atom stereocenters. The van der Waals surface area contributed by atoms with E-state index < -0.39 is 16.1 Å². The van der Waals surface area contributed by atoms with E-state index in [1.165, 1.54) is 4.31 Å². The number of hydrogen-bond acceptors (Lipinski definition) is 6. The predicted molar refractivity (Wildman–Crippen MR) is 145 cm³/mol. The summed E-state index contributed by atoms with van der Waals surface area (Å²) >= 11 is 0. The first-order valence-corrected chi connectivity index (χ1v) is 14.4. The average Bonchev–Trinajstić information content (AvgIpc) is 2.86. The van der Waals surface area contributed by atoms with Crippen molar-refractivity contribution in [1.82, 2.24) is 10.2 Å². The van der Waals surface area contributed by atoms with Crippen LogP contribution in [0, 0.1) is 0 Å². The fourth-order valence-electron chi connectivity index (χ4n) is 4.10.